The monoisotopic (exact) mass is 230 g/mol. The van der Waals surface area contributed by atoms with E-state index in [2.05, 4.69) is 16.4 Å². The summed E-state index contributed by atoms with van der Waals surface area (Å²) in [6, 6.07) is 10.1. The summed E-state index contributed by atoms with van der Waals surface area (Å²) in [5, 5.41) is 4.21. The summed E-state index contributed by atoms with van der Waals surface area (Å²) in [6.45, 7) is 4.84. The van der Waals surface area contributed by atoms with Crippen molar-refractivity contribution in [3.8, 4) is 5.75 Å². The number of pyridine rings is 1. The van der Waals surface area contributed by atoms with Gasteiger partial charge in [-0.05, 0) is 45.2 Å². The van der Waals surface area contributed by atoms with E-state index in [1.165, 1.54) is 0 Å². The summed E-state index contributed by atoms with van der Waals surface area (Å²) >= 11 is 0. The molecule has 0 spiro atoms. The summed E-state index contributed by atoms with van der Waals surface area (Å²) in [4.78, 5) is 4.57. The molecule has 2 aromatic rings. The third-order valence-electron chi connectivity index (χ3n) is 2.45. The maximum atomic E-state index is 5.66. The quantitative estimate of drug-likeness (QED) is 0.877. The van der Waals surface area contributed by atoms with Crippen molar-refractivity contribution in [3.63, 3.8) is 0 Å². The molecule has 0 saturated heterocycles. The van der Waals surface area contributed by atoms with Crippen molar-refractivity contribution in [2.45, 2.75) is 26.5 Å². The van der Waals surface area contributed by atoms with Gasteiger partial charge >= 0.3 is 0 Å². The van der Waals surface area contributed by atoms with Crippen molar-refractivity contribution in [2.24, 2.45) is 0 Å². The summed E-state index contributed by atoms with van der Waals surface area (Å²) < 4.78 is 5.66. The number of fused-ring (bicyclic) bond motifs is 1. The largest absolute Gasteiger partial charge is 0.491 e. The molecule has 3 heteroatoms. The molecule has 1 heterocycles. The zero-order valence-electron chi connectivity index (χ0n) is 10.5. The Bertz CT molecular complexity index is 509. The molecule has 0 aliphatic carbocycles. The number of nitrogens with zero attached hydrogens (tertiary/aromatic N) is 1. The van der Waals surface area contributed by atoms with E-state index in [1.807, 2.05) is 45.2 Å². The Hall–Kier alpha value is -1.61. The molecule has 1 aromatic heterocycles. The van der Waals surface area contributed by atoms with E-state index < -0.39 is 0 Å². The van der Waals surface area contributed by atoms with E-state index in [0.717, 1.165) is 28.9 Å². The van der Waals surface area contributed by atoms with Gasteiger partial charge in [0.15, 0.2) is 0 Å². The normalized spacial score (nSPS) is 11.1. The molecule has 0 amide bonds. The highest BCUT2D eigenvalue weighted by Gasteiger charge is 2.01. The zero-order valence-corrected chi connectivity index (χ0v) is 10.5. The second kappa shape index (κ2) is 5.15. The van der Waals surface area contributed by atoms with Crippen LogP contribution in [0.1, 0.15) is 19.5 Å². The average Bonchev–Trinajstić information content (AvgIpc) is 2.29. The third-order valence-corrected chi connectivity index (χ3v) is 2.45. The van der Waals surface area contributed by atoms with E-state index in [1.54, 1.807) is 0 Å². The van der Waals surface area contributed by atoms with Gasteiger partial charge in [-0.1, -0.05) is 6.07 Å². The Kier molecular flexibility index (Phi) is 3.59. The third kappa shape index (κ3) is 2.94. The first-order chi connectivity index (χ1) is 8.19. The lowest BCUT2D eigenvalue weighted by Gasteiger charge is -2.10. The van der Waals surface area contributed by atoms with Crippen LogP contribution in [-0.4, -0.2) is 18.1 Å². The van der Waals surface area contributed by atoms with Gasteiger partial charge in [-0.25, -0.2) is 0 Å². The lowest BCUT2D eigenvalue weighted by atomic mass is 10.2. The Morgan fingerprint density at radius 2 is 2.06 bits per heavy atom. The first-order valence-corrected chi connectivity index (χ1v) is 5.90. The van der Waals surface area contributed by atoms with Crippen LogP contribution in [0, 0.1) is 0 Å². The molecular weight excluding hydrogens is 212 g/mol. The van der Waals surface area contributed by atoms with E-state index in [-0.39, 0.29) is 6.10 Å². The summed E-state index contributed by atoms with van der Waals surface area (Å²) in [6.07, 6.45) is 0.198. The first kappa shape index (κ1) is 11.9. The molecule has 0 fully saturated rings. The molecular formula is C14H18N2O. The second-order valence-corrected chi connectivity index (χ2v) is 4.35. The van der Waals surface area contributed by atoms with Crippen LogP contribution in [0.2, 0.25) is 0 Å². The van der Waals surface area contributed by atoms with Gasteiger partial charge in [0.05, 0.1) is 17.3 Å². The number of rotatable bonds is 4. The maximum absolute atomic E-state index is 5.66. The number of aromatic nitrogens is 1. The molecule has 0 atom stereocenters. The fourth-order valence-electron chi connectivity index (χ4n) is 1.77. The second-order valence-electron chi connectivity index (χ2n) is 4.35. The van der Waals surface area contributed by atoms with Gasteiger partial charge in [0.25, 0.3) is 0 Å². The maximum Gasteiger partial charge on any atom is 0.120 e. The number of ether oxygens (including phenoxy) is 1. The minimum atomic E-state index is 0.198. The molecule has 1 aromatic carbocycles. The SMILES string of the molecule is CNCc1ccc2cc(OC(C)C)ccc2n1. The highest BCUT2D eigenvalue weighted by atomic mass is 16.5. The van der Waals surface area contributed by atoms with Crippen molar-refractivity contribution in [1.29, 1.82) is 0 Å². The average molecular weight is 230 g/mol. The van der Waals surface area contributed by atoms with E-state index in [9.17, 15) is 0 Å². The van der Waals surface area contributed by atoms with Gasteiger partial charge in [-0.2, -0.15) is 0 Å². The van der Waals surface area contributed by atoms with Gasteiger partial charge in [-0.15, -0.1) is 0 Å². The molecule has 0 bridgehead atoms. The number of benzene rings is 1. The minimum Gasteiger partial charge on any atom is -0.491 e. The van der Waals surface area contributed by atoms with Crippen LogP contribution in [0.25, 0.3) is 10.9 Å². The topological polar surface area (TPSA) is 34.1 Å². The van der Waals surface area contributed by atoms with Crippen molar-refractivity contribution in [1.82, 2.24) is 10.3 Å². The number of hydrogen-bond donors (Lipinski definition) is 1. The molecule has 2 rings (SSSR count). The number of nitrogens with one attached hydrogen (secondary N) is 1. The lowest BCUT2D eigenvalue weighted by Crippen LogP contribution is -2.07. The van der Waals surface area contributed by atoms with Crippen LogP contribution in [0.3, 0.4) is 0 Å². The van der Waals surface area contributed by atoms with Crippen LogP contribution in [0.15, 0.2) is 30.3 Å². The Morgan fingerprint density at radius 1 is 1.24 bits per heavy atom. The molecule has 0 aliphatic rings. The van der Waals surface area contributed by atoms with Crippen molar-refractivity contribution in [2.75, 3.05) is 7.05 Å². The summed E-state index contributed by atoms with van der Waals surface area (Å²) in [7, 11) is 1.92. The van der Waals surface area contributed by atoms with Gasteiger partial charge in [0.2, 0.25) is 0 Å². The van der Waals surface area contributed by atoms with Gasteiger partial charge < -0.3 is 10.1 Å². The number of hydrogen-bond acceptors (Lipinski definition) is 3. The van der Waals surface area contributed by atoms with Crippen molar-refractivity contribution >= 4 is 10.9 Å². The van der Waals surface area contributed by atoms with E-state index in [4.69, 9.17) is 4.74 Å². The van der Waals surface area contributed by atoms with E-state index in [0.29, 0.717) is 0 Å². The highest BCUT2D eigenvalue weighted by molar-refractivity contribution is 5.80. The minimum absolute atomic E-state index is 0.198. The van der Waals surface area contributed by atoms with Crippen molar-refractivity contribution in [3.05, 3.63) is 36.0 Å². The standard InChI is InChI=1S/C14H18N2O/c1-10(2)17-13-6-7-14-11(8-13)4-5-12(16-14)9-15-3/h4-8,10,15H,9H2,1-3H3. The van der Waals surface area contributed by atoms with Crippen LogP contribution in [0.5, 0.6) is 5.75 Å². The smallest absolute Gasteiger partial charge is 0.120 e. The molecule has 3 nitrogen and oxygen atoms in total. The van der Waals surface area contributed by atoms with Crippen LogP contribution in [-0.2, 0) is 6.54 Å². The van der Waals surface area contributed by atoms with Gasteiger partial charge in [-0.3, -0.25) is 4.98 Å². The predicted molar refractivity (Wildman–Crippen MR) is 70.3 cm³/mol. The summed E-state index contributed by atoms with van der Waals surface area (Å²) in [5.41, 5.74) is 2.06. The highest BCUT2D eigenvalue weighted by Crippen LogP contribution is 2.20. The van der Waals surface area contributed by atoms with Crippen LogP contribution < -0.4 is 10.1 Å². The predicted octanol–water partition coefficient (Wildman–Crippen LogP) is 2.74. The van der Waals surface area contributed by atoms with E-state index >= 15 is 0 Å². The zero-order chi connectivity index (χ0) is 12.3. The molecule has 0 unspecified atom stereocenters. The molecule has 17 heavy (non-hydrogen) atoms. The van der Waals surface area contributed by atoms with Crippen LogP contribution in [0.4, 0.5) is 0 Å². The van der Waals surface area contributed by atoms with Gasteiger partial charge in [0, 0.05) is 11.9 Å². The molecule has 0 aliphatic heterocycles. The lowest BCUT2D eigenvalue weighted by molar-refractivity contribution is 0.243. The van der Waals surface area contributed by atoms with Gasteiger partial charge in [0.1, 0.15) is 5.75 Å². The summed E-state index contributed by atoms with van der Waals surface area (Å²) in [5.74, 6) is 0.899. The Labute approximate surface area is 102 Å². The Balaban J connectivity index is 2.33. The Morgan fingerprint density at radius 3 is 2.76 bits per heavy atom. The first-order valence-electron chi connectivity index (χ1n) is 5.90. The van der Waals surface area contributed by atoms with Crippen LogP contribution >= 0.6 is 0 Å². The fraction of sp³-hybridized carbons (Fsp3) is 0.357. The van der Waals surface area contributed by atoms with Crippen molar-refractivity contribution < 1.29 is 4.74 Å². The molecule has 0 saturated carbocycles. The fourth-order valence-corrected chi connectivity index (χ4v) is 1.77. The molecule has 90 valence electrons. The molecule has 0 radical (unpaired) electrons. The molecule has 1 N–H and O–H groups in total.